The third-order valence-corrected chi connectivity index (χ3v) is 0.915. The summed E-state index contributed by atoms with van der Waals surface area (Å²) in [6.45, 7) is 0.0140. The van der Waals surface area contributed by atoms with Gasteiger partial charge < -0.3 is 4.74 Å². The average Bonchev–Trinajstić information content (AvgIpc) is 1.90. The summed E-state index contributed by atoms with van der Waals surface area (Å²) >= 11 is 0. The average molecular weight is 114 g/mol. The van der Waals surface area contributed by atoms with E-state index in [9.17, 15) is 4.39 Å². The largest absolute Gasteiger partial charge is 0.368 e. The molecule has 1 aliphatic rings. The summed E-state index contributed by atoms with van der Waals surface area (Å²) in [7, 11) is 0. The number of hydrogen-bond donors (Lipinski definition) is 0. The molecule has 0 aromatic heterocycles. The zero-order valence-corrected chi connectivity index (χ0v) is 4.43. The van der Waals surface area contributed by atoms with Crippen LogP contribution < -0.4 is 0 Å². The van der Waals surface area contributed by atoms with Gasteiger partial charge in [-0.2, -0.15) is 0 Å². The van der Waals surface area contributed by atoms with Crippen LogP contribution in [0.2, 0.25) is 0 Å². The number of ether oxygens (including phenoxy) is 1. The summed E-state index contributed by atoms with van der Waals surface area (Å²) in [4.78, 5) is 0. The van der Waals surface area contributed by atoms with Gasteiger partial charge in [0.15, 0.2) is 0 Å². The second-order valence-electron chi connectivity index (χ2n) is 1.51. The molecule has 0 atom stereocenters. The molecule has 8 heavy (non-hydrogen) atoms. The van der Waals surface area contributed by atoms with Gasteiger partial charge >= 0.3 is 0 Å². The molecule has 1 aliphatic heterocycles. The quantitative estimate of drug-likeness (QED) is 0.496. The molecule has 0 aliphatic carbocycles. The molecule has 1 rings (SSSR count). The first-order valence-corrected chi connectivity index (χ1v) is 2.48. The molecule has 0 aromatic carbocycles. The van der Waals surface area contributed by atoms with Crippen molar-refractivity contribution in [2.45, 2.75) is 0 Å². The van der Waals surface area contributed by atoms with Crippen LogP contribution >= 0.6 is 0 Å². The van der Waals surface area contributed by atoms with Gasteiger partial charge in [-0.3, -0.25) is 0 Å². The summed E-state index contributed by atoms with van der Waals surface area (Å²) in [6, 6.07) is 0. The van der Waals surface area contributed by atoms with Gasteiger partial charge in [0.25, 0.3) is 0 Å². The van der Waals surface area contributed by atoms with Gasteiger partial charge in [-0.05, 0) is 12.8 Å². The van der Waals surface area contributed by atoms with Crippen molar-refractivity contribution < 1.29 is 9.13 Å². The van der Waals surface area contributed by atoms with Crippen LogP contribution in [0.5, 0.6) is 0 Å². The van der Waals surface area contributed by atoms with Crippen molar-refractivity contribution in [3.63, 3.8) is 0 Å². The second-order valence-corrected chi connectivity index (χ2v) is 1.51. The molecule has 0 saturated carbocycles. The first-order chi connectivity index (χ1) is 3.93. The highest BCUT2D eigenvalue weighted by Crippen LogP contribution is 2.16. The van der Waals surface area contributed by atoms with Crippen molar-refractivity contribution in [3.8, 4) is 0 Å². The monoisotopic (exact) mass is 114 g/mol. The van der Waals surface area contributed by atoms with E-state index < -0.39 is 6.67 Å². The topological polar surface area (TPSA) is 9.23 Å². The van der Waals surface area contributed by atoms with E-state index >= 15 is 0 Å². The number of alkyl halides is 1. The summed E-state index contributed by atoms with van der Waals surface area (Å²) < 4.78 is 16.5. The van der Waals surface area contributed by atoms with Crippen LogP contribution in [0.1, 0.15) is 0 Å². The lowest BCUT2D eigenvalue weighted by atomic mass is 10.1. The summed E-state index contributed by atoms with van der Waals surface area (Å²) in [6.07, 6.45) is 5.67. The van der Waals surface area contributed by atoms with Crippen molar-refractivity contribution in [2.24, 2.45) is 0 Å². The molecule has 0 bridgehead atoms. The molecule has 1 fully saturated rings. The van der Waals surface area contributed by atoms with E-state index in [1.807, 2.05) is 6.42 Å². The van der Waals surface area contributed by atoms with E-state index in [4.69, 9.17) is 4.74 Å². The normalized spacial score (nSPS) is 23.6. The van der Waals surface area contributed by atoms with Crippen LogP contribution in [0.3, 0.4) is 0 Å². The Bertz CT molecular complexity index is 59.5. The van der Waals surface area contributed by atoms with Crippen LogP contribution in [0, 0.1) is 25.4 Å². The van der Waals surface area contributed by atoms with E-state index in [2.05, 4.69) is 0 Å². The Hall–Kier alpha value is -0.110. The minimum atomic E-state index is -0.496. The van der Waals surface area contributed by atoms with Gasteiger partial charge in [0, 0.05) is 6.42 Å². The third kappa shape index (κ3) is 1.44. The summed E-state index contributed by atoms with van der Waals surface area (Å²) in [5.74, 6) is 0. The lowest BCUT2D eigenvalue weighted by Gasteiger charge is -2.16. The van der Waals surface area contributed by atoms with Crippen molar-refractivity contribution in [2.75, 3.05) is 13.3 Å². The molecule has 1 saturated heterocycles. The molecule has 0 aromatic rings. The Labute approximate surface area is 48.8 Å². The molecular formula is C6H7FO. The molecule has 0 amide bonds. The smallest absolute Gasteiger partial charge is 0.132 e. The Balaban J connectivity index is 2.13. The van der Waals surface area contributed by atoms with Gasteiger partial charge in [-0.15, -0.1) is 0 Å². The Morgan fingerprint density at radius 2 is 2.62 bits per heavy atom. The van der Waals surface area contributed by atoms with E-state index in [-0.39, 0.29) is 0 Å². The maximum atomic E-state index is 11.7. The summed E-state index contributed by atoms with van der Waals surface area (Å²) in [5.41, 5.74) is 0. The van der Waals surface area contributed by atoms with Gasteiger partial charge in [-0.25, -0.2) is 4.39 Å². The van der Waals surface area contributed by atoms with Crippen LogP contribution in [0.25, 0.3) is 0 Å². The van der Waals surface area contributed by atoms with E-state index in [0.29, 0.717) is 12.7 Å². The fourth-order valence-electron chi connectivity index (χ4n) is 0.517. The number of rotatable bonds is 1. The predicted molar refractivity (Wildman–Crippen MR) is 28.1 cm³/mol. The van der Waals surface area contributed by atoms with E-state index in [1.165, 1.54) is 0 Å². The zero-order valence-electron chi connectivity index (χ0n) is 4.43. The number of hydrogen-bond acceptors (Lipinski definition) is 1. The fourth-order valence-corrected chi connectivity index (χ4v) is 0.517. The first-order valence-electron chi connectivity index (χ1n) is 2.48. The molecule has 0 N–H and O–H groups in total. The molecular weight excluding hydrogens is 107 g/mol. The van der Waals surface area contributed by atoms with Crippen molar-refractivity contribution in [1.82, 2.24) is 0 Å². The Morgan fingerprint density at radius 1 is 1.75 bits per heavy atom. The second kappa shape index (κ2) is 3.02. The van der Waals surface area contributed by atoms with Crippen LogP contribution in [0.4, 0.5) is 4.39 Å². The third-order valence-electron chi connectivity index (χ3n) is 0.915. The molecule has 1 heterocycles. The molecule has 0 spiro atoms. The molecule has 1 nitrogen and oxygen atoms in total. The van der Waals surface area contributed by atoms with Crippen molar-refractivity contribution >= 4 is 0 Å². The molecule has 4 radical (unpaired) electrons. The van der Waals surface area contributed by atoms with Crippen molar-refractivity contribution in [3.05, 3.63) is 25.4 Å². The number of halogens is 1. The van der Waals surface area contributed by atoms with Crippen LogP contribution in [0.15, 0.2) is 0 Å². The first kappa shape index (κ1) is 6.02. The SMILES string of the molecule is FC[C]1[CH][CH][CH]CO1. The summed E-state index contributed by atoms with van der Waals surface area (Å²) in [5, 5.41) is 0. The highest BCUT2D eigenvalue weighted by molar-refractivity contribution is 5.13. The van der Waals surface area contributed by atoms with Crippen molar-refractivity contribution in [1.29, 1.82) is 0 Å². The highest BCUT2D eigenvalue weighted by Gasteiger charge is 2.14. The van der Waals surface area contributed by atoms with Crippen LogP contribution in [-0.2, 0) is 4.74 Å². The zero-order chi connectivity index (χ0) is 5.82. The van der Waals surface area contributed by atoms with E-state index in [1.54, 1.807) is 12.8 Å². The van der Waals surface area contributed by atoms with E-state index in [0.717, 1.165) is 0 Å². The fraction of sp³-hybridized carbons (Fsp3) is 0.333. The van der Waals surface area contributed by atoms with Gasteiger partial charge in [0.2, 0.25) is 0 Å². The van der Waals surface area contributed by atoms with Gasteiger partial charge in [0.05, 0.1) is 6.61 Å². The van der Waals surface area contributed by atoms with Gasteiger partial charge in [0.1, 0.15) is 12.8 Å². The minimum Gasteiger partial charge on any atom is -0.368 e. The Morgan fingerprint density at radius 3 is 3.00 bits per heavy atom. The van der Waals surface area contributed by atoms with Crippen LogP contribution in [-0.4, -0.2) is 13.3 Å². The predicted octanol–water partition coefficient (Wildman–Crippen LogP) is 1.13. The Kier molecular flexibility index (Phi) is 2.27. The lowest BCUT2D eigenvalue weighted by molar-refractivity contribution is 0.145. The van der Waals surface area contributed by atoms with Gasteiger partial charge in [-0.1, -0.05) is 0 Å². The minimum absolute atomic E-state index is 0.424. The lowest BCUT2D eigenvalue weighted by Crippen LogP contribution is -2.14. The highest BCUT2D eigenvalue weighted by atomic mass is 19.1. The molecule has 2 heteroatoms. The molecule has 0 unspecified atom stereocenters. The maximum Gasteiger partial charge on any atom is 0.132 e. The molecule has 44 valence electrons. The maximum absolute atomic E-state index is 11.7. The standard InChI is InChI=1S/C6H7FO/c7-5-6-3-1-2-4-8-6/h1-3H,4-5H2.